The predicted octanol–water partition coefficient (Wildman–Crippen LogP) is 2.34. The summed E-state index contributed by atoms with van der Waals surface area (Å²) in [6, 6.07) is 7.94. The number of carbonyl (C=O) groups is 1. The van der Waals surface area contributed by atoms with E-state index in [0.717, 1.165) is 36.1 Å². The number of hydrogen-bond acceptors (Lipinski definition) is 3. The highest BCUT2D eigenvalue weighted by molar-refractivity contribution is 5.84. The van der Waals surface area contributed by atoms with Crippen molar-refractivity contribution in [3.63, 3.8) is 0 Å². The van der Waals surface area contributed by atoms with Gasteiger partial charge in [0.1, 0.15) is 12.3 Å². The Bertz CT molecular complexity index is 644. The molecule has 1 atom stereocenters. The SMILES string of the molecule is CCOc1ccc2c(ccn2CC(=O)NCC2CCCO2)c1. The van der Waals surface area contributed by atoms with Crippen LogP contribution in [0.15, 0.2) is 30.5 Å². The minimum Gasteiger partial charge on any atom is -0.494 e. The lowest BCUT2D eigenvalue weighted by Gasteiger charge is -2.11. The van der Waals surface area contributed by atoms with Crippen molar-refractivity contribution in [3.8, 4) is 5.75 Å². The fourth-order valence-electron chi connectivity index (χ4n) is 2.82. The normalized spacial score (nSPS) is 17.8. The van der Waals surface area contributed by atoms with Crippen LogP contribution in [0.2, 0.25) is 0 Å². The van der Waals surface area contributed by atoms with Gasteiger partial charge in [-0.1, -0.05) is 0 Å². The van der Waals surface area contributed by atoms with Gasteiger partial charge in [-0.05, 0) is 44.0 Å². The lowest BCUT2D eigenvalue weighted by Crippen LogP contribution is -2.33. The van der Waals surface area contributed by atoms with Gasteiger partial charge in [-0.3, -0.25) is 4.79 Å². The Hall–Kier alpha value is -2.01. The van der Waals surface area contributed by atoms with E-state index in [9.17, 15) is 4.79 Å². The molecule has 118 valence electrons. The van der Waals surface area contributed by atoms with Crippen LogP contribution < -0.4 is 10.1 Å². The molecule has 1 saturated heterocycles. The Morgan fingerprint density at radius 1 is 1.45 bits per heavy atom. The fraction of sp³-hybridized carbons (Fsp3) is 0.471. The summed E-state index contributed by atoms with van der Waals surface area (Å²) in [5, 5.41) is 4.03. The molecule has 2 heterocycles. The lowest BCUT2D eigenvalue weighted by atomic mass is 10.2. The topological polar surface area (TPSA) is 52.5 Å². The third-order valence-electron chi connectivity index (χ3n) is 3.92. The first-order chi connectivity index (χ1) is 10.8. The van der Waals surface area contributed by atoms with Crippen molar-refractivity contribution < 1.29 is 14.3 Å². The first kappa shape index (κ1) is 14.9. The summed E-state index contributed by atoms with van der Waals surface area (Å²) in [6.07, 6.45) is 4.24. The average Bonchev–Trinajstić information content (AvgIpc) is 3.15. The Labute approximate surface area is 130 Å². The minimum absolute atomic E-state index is 0.0156. The molecule has 0 saturated carbocycles. The van der Waals surface area contributed by atoms with E-state index in [4.69, 9.17) is 9.47 Å². The molecule has 0 aliphatic carbocycles. The van der Waals surface area contributed by atoms with Crippen molar-refractivity contribution >= 4 is 16.8 Å². The molecule has 5 heteroatoms. The monoisotopic (exact) mass is 302 g/mol. The highest BCUT2D eigenvalue weighted by Gasteiger charge is 2.16. The second-order valence-electron chi connectivity index (χ2n) is 5.54. The van der Waals surface area contributed by atoms with Gasteiger partial charge >= 0.3 is 0 Å². The number of rotatable bonds is 6. The van der Waals surface area contributed by atoms with E-state index in [-0.39, 0.29) is 12.0 Å². The summed E-state index contributed by atoms with van der Waals surface area (Å²) in [7, 11) is 0. The zero-order chi connectivity index (χ0) is 15.4. The number of hydrogen-bond donors (Lipinski definition) is 1. The number of nitrogens with zero attached hydrogens (tertiary/aromatic N) is 1. The molecule has 5 nitrogen and oxygen atoms in total. The summed E-state index contributed by atoms with van der Waals surface area (Å²) in [5.41, 5.74) is 1.04. The first-order valence-electron chi connectivity index (χ1n) is 7.86. The molecule has 1 unspecified atom stereocenters. The van der Waals surface area contributed by atoms with Crippen molar-refractivity contribution in [2.75, 3.05) is 19.8 Å². The molecular formula is C17H22N2O3. The van der Waals surface area contributed by atoms with Gasteiger partial charge in [-0.2, -0.15) is 0 Å². The number of ether oxygens (including phenoxy) is 2. The zero-order valence-electron chi connectivity index (χ0n) is 12.9. The summed E-state index contributed by atoms with van der Waals surface area (Å²) < 4.78 is 13.0. The van der Waals surface area contributed by atoms with Gasteiger partial charge in [0.2, 0.25) is 5.91 Å². The predicted molar refractivity (Wildman–Crippen MR) is 85.1 cm³/mol. The van der Waals surface area contributed by atoms with Gasteiger partial charge in [0, 0.05) is 30.3 Å². The Kier molecular flexibility index (Phi) is 4.63. The molecule has 1 N–H and O–H groups in total. The van der Waals surface area contributed by atoms with Crippen molar-refractivity contribution in [2.24, 2.45) is 0 Å². The quantitative estimate of drug-likeness (QED) is 0.891. The van der Waals surface area contributed by atoms with Crippen molar-refractivity contribution in [1.29, 1.82) is 0 Å². The maximum Gasteiger partial charge on any atom is 0.240 e. The summed E-state index contributed by atoms with van der Waals surface area (Å²) in [5.74, 6) is 0.873. The molecule has 0 bridgehead atoms. The number of nitrogens with one attached hydrogen (secondary N) is 1. The molecule has 3 rings (SSSR count). The summed E-state index contributed by atoms with van der Waals surface area (Å²) >= 11 is 0. The summed E-state index contributed by atoms with van der Waals surface area (Å²) in [6.45, 7) is 4.35. The molecular weight excluding hydrogens is 280 g/mol. The van der Waals surface area contributed by atoms with E-state index in [0.29, 0.717) is 19.7 Å². The highest BCUT2D eigenvalue weighted by Crippen LogP contribution is 2.22. The summed E-state index contributed by atoms with van der Waals surface area (Å²) in [4.78, 5) is 12.1. The van der Waals surface area contributed by atoms with E-state index in [1.807, 2.05) is 42.0 Å². The molecule has 2 aromatic rings. The van der Waals surface area contributed by atoms with Gasteiger partial charge < -0.3 is 19.4 Å². The van der Waals surface area contributed by atoms with Gasteiger partial charge in [0.05, 0.1) is 12.7 Å². The number of amides is 1. The van der Waals surface area contributed by atoms with Crippen LogP contribution in [-0.2, 0) is 16.1 Å². The van der Waals surface area contributed by atoms with Gasteiger partial charge in [0.25, 0.3) is 0 Å². The number of fused-ring (bicyclic) bond motifs is 1. The van der Waals surface area contributed by atoms with E-state index >= 15 is 0 Å². The molecule has 1 aliphatic rings. The standard InChI is InChI=1S/C17H22N2O3/c1-2-21-14-5-6-16-13(10-14)7-8-19(16)12-17(20)18-11-15-4-3-9-22-15/h5-8,10,15H,2-4,9,11-12H2,1H3,(H,18,20). The Morgan fingerprint density at radius 3 is 3.14 bits per heavy atom. The van der Waals surface area contributed by atoms with Gasteiger partial charge in [-0.15, -0.1) is 0 Å². The van der Waals surface area contributed by atoms with E-state index in [1.54, 1.807) is 0 Å². The Morgan fingerprint density at radius 2 is 2.36 bits per heavy atom. The highest BCUT2D eigenvalue weighted by atomic mass is 16.5. The molecule has 1 aromatic heterocycles. The zero-order valence-corrected chi connectivity index (χ0v) is 12.9. The second-order valence-corrected chi connectivity index (χ2v) is 5.54. The van der Waals surface area contributed by atoms with E-state index in [2.05, 4.69) is 5.32 Å². The first-order valence-corrected chi connectivity index (χ1v) is 7.86. The van der Waals surface area contributed by atoms with Crippen LogP contribution >= 0.6 is 0 Å². The maximum absolute atomic E-state index is 12.1. The fourth-order valence-corrected chi connectivity index (χ4v) is 2.82. The number of carbonyl (C=O) groups excluding carboxylic acids is 1. The van der Waals surface area contributed by atoms with Crippen LogP contribution in [0.4, 0.5) is 0 Å². The molecule has 22 heavy (non-hydrogen) atoms. The molecule has 1 aliphatic heterocycles. The molecule has 1 amide bonds. The van der Waals surface area contributed by atoms with Crippen molar-refractivity contribution in [2.45, 2.75) is 32.4 Å². The molecule has 1 fully saturated rings. The molecule has 0 spiro atoms. The maximum atomic E-state index is 12.1. The average molecular weight is 302 g/mol. The third kappa shape index (κ3) is 3.42. The van der Waals surface area contributed by atoms with E-state index < -0.39 is 0 Å². The number of aromatic nitrogens is 1. The van der Waals surface area contributed by atoms with Crippen LogP contribution in [0.25, 0.3) is 10.9 Å². The molecule has 0 radical (unpaired) electrons. The van der Waals surface area contributed by atoms with Gasteiger partial charge in [-0.25, -0.2) is 0 Å². The number of benzene rings is 1. The van der Waals surface area contributed by atoms with Crippen LogP contribution in [-0.4, -0.2) is 36.3 Å². The third-order valence-corrected chi connectivity index (χ3v) is 3.92. The second kappa shape index (κ2) is 6.83. The van der Waals surface area contributed by atoms with Crippen LogP contribution in [0.3, 0.4) is 0 Å². The Balaban J connectivity index is 1.61. The van der Waals surface area contributed by atoms with E-state index in [1.165, 1.54) is 0 Å². The lowest BCUT2D eigenvalue weighted by molar-refractivity contribution is -0.122. The van der Waals surface area contributed by atoms with Crippen LogP contribution in [0.1, 0.15) is 19.8 Å². The largest absolute Gasteiger partial charge is 0.494 e. The smallest absolute Gasteiger partial charge is 0.240 e. The van der Waals surface area contributed by atoms with Gasteiger partial charge in [0.15, 0.2) is 0 Å². The molecule has 1 aromatic carbocycles. The van der Waals surface area contributed by atoms with Crippen molar-refractivity contribution in [1.82, 2.24) is 9.88 Å². The van der Waals surface area contributed by atoms with Crippen LogP contribution in [0, 0.1) is 0 Å². The van der Waals surface area contributed by atoms with Crippen molar-refractivity contribution in [3.05, 3.63) is 30.5 Å². The van der Waals surface area contributed by atoms with Crippen LogP contribution in [0.5, 0.6) is 5.75 Å². The minimum atomic E-state index is 0.0156.